The minimum atomic E-state index is -2.78. The third-order valence-electron chi connectivity index (χ3n) is 5.71. The van der Waals surface area contributed by atoms with E-state index in [1.165, 1.54) is 4.90 Å². The number of carboxylic acid groups (broad SMARTS) is 1. The van der Waals surface area contributed by atoms with E-state index in [1.54, 1.807) is 12.1 Å². The van der Waals surface area contributed by atoms with Crippen LogP contribution in [0.4, 0.5) is 29.3 Å². The van der Waals surface area contributed by atoms with Crippen molar-refractivity contribution in [2.24, 2.45) is 5.92 Å². The molecule has 0 heterocycles. The quantitative estimate of drug-likeness (QED) is 0.411. The maximum atomic E-state index is 14.2. The molecule has 0 spiro atoms. The molecule has 10 heteroatoms. The van der Waals surface area contributed by atoms with Crippen LogP contribution in [0, 0.1) is 11.7 Å². The van der Waals surface area contributed by atoms with Gasteiger partial charge in [-0.2, -0.15) is 0 Å². The summed E-state index contributed by atoms with van der Waals surface area (Å²) in [5, 5.41) is 11.3. The lowest BCUT2D eigenvalue weighted by atomic mass is 9.77. The molecule has 0 aromatic heterocycles. The highest BCUT2D eigenvalue weighted by Crippen LogP contribution is 2.40. The van der Waals surface area contributed by atoms with E-state index in [2.05, 4.69) is 5.32 Å². The number of aliphatic carboxylic acids is 1. The fourth-order valence-electron chi connectivity index (χ4n) is 4.07. The topological polar surface area (TPSA) is 78.9 Å². The zero-order valence-corrected chi connectivity index (χ0v) is 19.5. The summed E-state index contributed by atoms with van der Waals surface area (Å²) in [6, 6.07) is 8.38. The zero-order chi connectivity index (χ0) is 25.0. The van der Waals surface area contributed by atoms with E-state index in [0.29, 0.717) is 18.5 Å². The molecule has 2 aromatic carbocycles. The first-order valence-corrected chi connectivity index (χ1v) is 11.3. The number of carbonyl (C=O) groups is 2. The Hall–Kier alpha value is -2.94. The number of carbonyl (C=O) groups excluding carboxylic acids is 1. The van der Waals surface area contributed by atoms with Crippen LogP contribution in [0.15, 0.2) is 36.4 Å². The number of urea groups is 1. The van der Waals surface area contributed by atoms with Crippen molar-refractivity contribution in [2.45, 2.75) is 51.5 Å². The summed E-state index contributed by atoms with van der Waals surface area (Å²) in [7, 11) is 0. The Morgan fingerprint density at radius 3 is 2.53 bits per heavy atom. The summed E-state index contributed by atoms with van der Waals surface area (Å²) < 4.78 is 44.6. The SMILES string of the molecule is CC(C)c1ccccc1N(C(=O)Nc1cc(F)c(Cl)cc1OCC(F)F)C1CC(CC(=O)O)C1. The summed E-state index contributed by atoms with van der Waals surface area (Å²) in [5.74, 6) is -1.92. The highest BCUT2D eigenvalue weighted by atomic mass is 35.5. The third kappa shape index (κ3) is 6.14. The predicted octanol–water partition coefficient (Wildman–Crippen LogP) is 6.54. The maximum Gasteiger partial charge on any atom is 0.326 e. The van der Waals surface area contributed by atoms with Gasteiger partial charge >= 0.3 is 12.0 Å². The molecular weight excluding hydrogens is 473 g/mol. The summed E-state index contributed by atoms with van der Waals surface area (Å²) in [6.45, 7) is 3.01. The van der Waals surface area contributed by atoms with Gasteiger partial charge in [0.05, 0.1) is 10.7 Å². The number of para-hydroxylation sites is 1. The Morgan fingerprint density at radius 1 is 1.24 bits per heavy atom. The van der Waals surface area contributed by atoms with Crippen LogP contribution < -0.4 is 15.0 Å². The zero-order valence-electron chi connectivity index (χ0n) is 18.7. The van der Waals surface area contributed by atoms with Crippen molar-refractivity contribution in [3.63, 3.8) is 0 Å². The summed E-state index contributed by atoms with van der Waals surface area (Å²) in [5.41, 5.74) is 1.40. The van der Waals surface area contributed by atoms with Gasteiger partial charge < -0.3 is 15.2 Å². The van der Waals surface area contributed by atoms with E-state index in [-0.39, 0.29) is 40.8 Å². The molecule has 0 bridgehead atoms. The average Bonchev–Trinajstić information content (AvgIpc) is 2.73. The van der Waals surface area contributed by atoms with Crippen LogP contribution in [0.5, 0.6) is 5.75 Å². The van der Waals surface area contributed by atoms with Crippen LogP contribution in [0.1, 0.15) is 44.6 Å². The normalized spacial score (nSPS) is 17.4. The van der Waals surface area contributed by atoms with Crippen LogP contribution in [0.2, 0.25) is 5.02 Å². The lowest BCUT2D eigenvalue weighted by Gasteiger charge is -2.43. The van der Waals surface area contributed by atoms with Gasteiger partial charge in [-0.05, 0) is 36.3 Å². The lowest BCUT2D eigenvalue weighted by Crippen LogP contribution is -2.50. The fraction of sp³-hybridized carbons (Fsp3) is 0.417. The first kappa shape index (κ1) is 25.7. The molecule has 2 aromatic rings. The molecule has 0 radical (unpaired) electrons. The Labute approximate surface area is 200 Å². The number of hydrogen-bond donors (Lipinski definition) is 2. The summed E-state index contributed by atoms with van der Waals surface area (Å²) >= 11 is 5.78. The molecule has 6 nitrogen and oxygen atoms in total. The second-order valence-corrected chi connectivity index (χ2v) is 8.97. The minimum Gasteiger partial charge on any atom is -0.485 e. The van der Waals surface area contributed by atoms with Crippen LogP contribution in [-0.4, -0.2) is 36.2 Å². The molecule has 0 atom stereocenters. The summed E-state index contributed by atoms with van der Waals surface area (Å²) in [4.78, 5) is 26.1. The highest BCUT2D eigenvalue weighted by Gasteiger charge is 2.39. The molecule has 0 aliphatic heterocycles. The van der Waals surface area contributed by atoms with Gasteiger partial charge in [0.2, 0.25) is 0 Å². The number of halogens is 4. The van der Waals surface area contributed by atoms with Crippen LogP contribution in [0.25, 0.3) is 0 Å². The van der Waals surface area contributed by atoms with Crippen molar-refractivity contribution in [2.75, 3.05) is 16.8 Å². The van der Waals surface area contributed by atoms with Crippen LogP contribution in [0.3, 0.4) is 0 Å². The minimum absolute atomic E-state index is 0.00575. The van der Waals surface area contributed by atoms with Gasteiger partial charge in [-0.1, -0.05) is 43.6 Å². The molecule has 184 valence electrons. The number of anilines is 2. The van der Waals surface area contributed by atoms with E-state index in [9.17, 15) is 22.8 Å². The molecular formula is C24H26ClF3N2O4. The molecule has 0 saturated heterocycles. The molecule has 1 aliphatic carbocycles. The molecule has 34 heavy (non-hydrogen) atoms. The lowest BCUT2D eigenvalue weighted by molar-refractivity contribution is -0.138. The largest absolute Gasteiger partial charge is 0.485 e. The van der Waals surface area contributed by atoms with Crippen molar-refractivity contribution in [1.29, 1.82) is 0 Å². The first-order chi connectivity index (χ1) is 16.1. The predicted molar refractivity (Wildman–Crippen MR) is 124 cm³/mol. The number of carboxylic acids is 1. The number of hydrogen-bond acceptors (Lipinski definition) is 3. The number of ether oxygens (including phenoxy) is 1. The number of nitrogens with zero attached hydrogens (tertiary/aromatic N) is 1. The van der Waals surface area contributed by atoms with E-state index in [0.717, 1.165) is 17.7 Å². The maximum absolute atomic E-state index is 14.2. The van der Waals surface area contributed by atoms with Crippen molar-refractivity contribution in [3.8, 4) is 5.75 Å². The van der Waals surface area contributed by atoms with Gasteiger partial charge in [-0.25, -0.2) is 18.0 Å². The second-order valence-electron chi connectivity index (χ2n) is 8.57. The molecule has 3 rings (SSSR count). The smallest absolute Gasteiger partial charge is 0.326 e. The van der Waals surface area contributed by atoms with Crippen molar-refractivity contribution >= 4 is 35.0 Å². The molecule has 0 unspecified atom stereocenters. The monoisotopic (exact) mass is 498 g/mol. The highest BCUT2D eigenvalue weighted by molar-refractivity contribution is 6.31. The van der Waals surface area contributed by atoms with Gasteiger partial charge in [-0.15, -0.1) is 0 Å². The van der Waals surface area contributed by atoms with Gasteiger partial charge in [0.15, 0.2) is 0 Å². The van der Waals surface area contributed by atoms with Crippen LogP contribution >= 0.6 is 11.6 Å². The standard InChI is InChI=1S/C24H26ClF3N2O4/c1-13(2)16-5-3-4-6-20(16)30(15-7-14(8-15)9-23(31)32)24(33)29-19-11-18(26)17(25)10-21(19)34-12-22(27)28/h3-6,10-11,13-15,22H,7-9,12H2,1-2H3,(H,29,33)(H,31,32). The molecule has 1 aliphatic rings. The van der Waals surface area contributed by atoms with Gasteiger partial charge in [0.1, 0.15) is 18.2 Å². The average molecular weight is 499 g/mol. The molecule has 1 fully saturated rings. The van der Waals surface area contributed by atoms with E-state index in [1.807, 2.05) is 26.0 Å². The second kappa shape index (κ2) is 11.0. The molecule has 1 saturated carbocycles. The van der Waals surface area contributed by atoms with Gasteiger partial charge in [0, 0.05) is 30.3 Å². The van der Waals surface area contributed by atoms with Gasteiger partial charge in [-0.3, -0.25) is 9.69 Å². The van der Waals surface area contributed by atoms with Crippen molar-refractivity contribution < 1.29 is 32.6 Å². The number of amides is 2. The number of nitrogens with one attached hydrogen (secondary N) is 1. The third-order valence-corrected chi connectivity index (χ3v) is 5.99. The number of benzene rings is 2. The first-order valence-electron chi connectivity index (χ1n) is 10.9. The summed E-state index contributed by atoms with van der Waals surface area (Å²) in [6.07, 6.45) is -1.81. The molecule has 2 N–H and O–H groups in total. The van der Waals surface area contributed by atoms with Crippen LogP contribution in [-0.2, 0) is 4.79 Å². The van der Waals surface area contributed by atoms with E-state index < -0.39 is 30.8 Å². The Bertz CT molecular complexity index is 1040. The van der Waals surface area contributed by atoms with E-state index in [4.69, 9.17) is 21.4 Å². The Kier molecular flexibility index (Phi) is 8.30. The Morgan fingerprint density at radius 2 is 1.91 bits per heavy atom. The van der Waals surface area contributed by atoms with Crippen molar-refractivity contribution in [1.82, 2.24) is 0 Å². The van der Waals surface area contributed by atoms with Gasteiger partial charge in [0.25, 0.3) is 6.43 Å². The Balaban J connectivity index is 1.93. The number of alkyl halides is 2. The van der Waals surface area contributed by atoms with E-state index >= 15 is 0 Å². The van der Waals surface area contributed by atoms with Crippen molar-refractivity contribution in [3.05, 3.63) is 52.8 Å². The fourth-order valence-corrected chi connectivity index (χ4v) is 4.22. The number of rotatable bonds is 9. The molecule has 2 amide bonds.